The number of hydrogen-bond acceptors (Lipinski definition) is 4. The maximum absolute atomic E-state index is 12.0. The van der Waals surface area contributed by atoms with Gasteiger partial charge >= 0.3 is 0 Å². The topological polar surface area (TPSA) is 80.5 Å². The van der Waals surface area contributed by atoms with Gasteiger partial charge in [0.15, 0.2) is 0 Å². The quantitative estimate of drug-likeness (QED) is 0.368. The Bertz CT molecular complexity index is 725. The summed E-state index contributed by atoms with van der Waals surface area (Å²) in [5, 5.41) is 11.1. The van der Waals surface area contributed by atoms with Crippen LogP contribution >= 0.6 is 0 Å². The summed E-state index contributed by atoms with van der Waals surface area (Å²) in [6.07, 6.45) is 0. The van der Waals surface area contributed by atoms with E-state index in [1.165, 1.54) is 26.2 Å². The Balaban J connectivity index is 3.46. The third-order valence-electron chi connectivity index (χ3n) is 2.52. The molecule has 1 aromatic rings. The summed E-state index contributed by atoms with van der Waals surface area (Å²) in [7, 11) is -2.63. The highest BCUT2D eigenvalue weighted by Crippen LogP contribution is 2.24. The fraction of sp³-hybridized carbons (Fsp3) is 0.385. The number of rotatable bonds is 3. The van der Waals surface area contributed by atoms with E-state index in [0.29, 0.717) is 0 Å². The van der Waals surface area contributed by atoms with E-state index in [4.69, 9.17) is 0 Å². The molecule has 0 aliphatic rings. The first-order valence-electron chi connectivity index (χ1n) is 6.19. The molecule has 0 fully saturated rings. The molecule has 0 amide bonds. The van der Waals surface area contributed by atoms with Gasteiger partial charge in [0.2, 0.25) is 10.0 Å². The van der Waals surface area contributed by atoms with Gasteiger partial charge in [-0.3, -0.25) is 10.1 Å². The molecule has 0 bridgehead atoms. The van der Waals surface area contributed by atoms with Crippen molar-refractivity contribution in [1.29, 1.82) is 0 Å². The first-order chi connectivity index (χ1) is 9.45. The molecule has 114 valence electrons. The van der Waals surface area contributed by atoms with Gasteiger partial charge in [-0.25, -0.2) is 12.7 Å². The Morgan fingerprint density at radius 1 is 1.24 bits per heavy atom. The second-order valence-electron chi connectivity index (χ2n) is 5.72. The maximum Gasteiger partial charge on any atom is 0.286 e. The Morgan fingerprint density at radius 3 is 2.24 bits per heavy atom. The maximum atomic E-state index is 12.0. The Hall–Kier alpha value is -1.69. The molecule has 6 nitrogen and oxygen atoms in total. The van der Waals surface area contributed by atoms with Crippen LogP contribution < -0.4 is 0 Å². The molecule has 0 saturated carbocycles. The molecule has 0 radical (unpaired) electrons. The first-order valence-corrected chi connectivity index (χ1v) is 11.1. The van der Waals surface area contributed by atoms with Crippen molar-refractivity contribution in [3.63, 3.8) is 0 Å². The summed E-state index contributed by atoms with van der Waals surface area (Å²) in [5.74, 6) is 2.80. The molecular formula is C13H18N2O4SSi. The molecule has 8 heteroatoms. The minimum Gasteiger partial charge on any atom is -0.258 e. The van der Waals surface area contributed by atoms with Crippen molar-refractivity contribution in [2.45, 2.75) is 24.5 Å². The van der Waals surface area contributed by atoms with Crippen LogP contribution in [0, 0.1) is 21.6 Å². The van der Waals surface area contributed by atoms with Crippen molar-refractivity contribution in [2.24, 2.45) is 0 Å². The van der Waals surface area contributed by atoms with E-state index in [1.54, 1.807) is 0 Å². The summed E-state index contributed by atoms with van der Waals surface area (Å²) >= 11 is 0. The molecule has 0 unspecified atom stereocenters. The molecular weight excluding hydrogens is 308 g/mol. The molecule has 0 heterocycles. The first kappa shape index (κ1) is 17.4. The third-order valence-corrected chi connectivity index (χ3v) is 5.20. The molecule has 0 spiro atoms. The van der Waals surface area contributed by atoms with Crippen LogP contribution in [0.2, 0.25) is 19.6 Å². The van der Waals surface area contributed by atoms with Gasteiger partial charge in [-0.2, -0.15) is 0 Å². The number of nitro benzene ring substituents is 1. The summed E-state index contributed by atoms with van der Waals surface area (Å²) in [4.78, 5) is 10.4. The summed E-state index contributed by atoms with van der Waals surface area (Å²) in [5.41, 5.74) is 2.99. The standard InChI is InChI=1S/C13H18N2O4SSi/c1-14(2)20(18,19)12-7-6-11(8-9-21(3,4)5)13(10-12)15(16)17/h6-7,10H,1-5H3. The van der Waals surface area contributed by atoms with Gasteiger partial charge in [-0.15, -0.1) is 5.54 Å². The van der Waals surface area contributed by atoms with Gasteiger partial charge in [-0.05, 0) is 12.1 Å². The lowest BCUT2D eigenvalue weighted by molar-refractivity contribution is -0.385. The van der Waals surface area contributed by atoms with Crippen molar-refractivity contribution in [1.82, 2.24) is 4.31 Å². The number of sulfonamides is 1. The predicted octanol–water partition coefficient (Wildman–Crippen LogP) is 2.07. The van der Waals surface area contributed by atoms with Crippen LogP contribution in [-0.4, -0.2) is 39.8 Å². The molecule has 0 saturated heterocycles. The zero-order valence-electron chi connectivity index (χ0n) is 12.7. The fourth-order valence-electron chi connectivity index (χ4n) is 1.39. The van der Waals surface area contributed by atoms with Crippen LogP contribution in [-0.2, 0) is 10.0 Å². The summed E-state index contributed by atoms with van der Waals surface area (Å²) in [6.45, 7) is 6.07. The second-order valence-corrected chi connectivity index (χ2v) is 12.6. The van der Waals surface area contributed by atoms with Crippen LogP contribution in [0.15, 0.2) is 23.1 Å². The minimum absolute atomic E-state index is 0.113. The lowest BCUT2D eigenvalue weighted by Gasteiger charge is -2.11. The van der Waals surface area contributed by atoms with E-state index in [9.17, 15) is 18.5 Å². The van der Waals surface area contributed by atoms with Crippen molar-refractivity contribution in [2.75, 3.05) is 14.1 Å². The summed E-state index contributed by atoms with van der Waals surface area (Å²) < 4.78 is 25.0. The highest BCUT2D eigenvalue weighted by atomic mass is 32.2. The smallest absolute Gasteiger partial charge is 0.258 e. The van der Waals surface area contributed by atoms with Crippen molar-refractivity contribution in [3.8, 4) is 11.5 Å². The van der Waals surface area contributed by atoms with Crippen molar-refractivity contribution in [3.05, 3.63) is 33.9 Å². The summed E-state index contributed by atoms with van der Waals surface area (Å²) in [6, 6.07) is 3.79. The van der Waals surface area contributed by atoms with E-state index in [1.807, 2.05) is 19.6 Å². The number of benzene rings is 1. The molecule has 0 aromatic heterocycles. The predicted molar refractivity (Wildman–Crippen MR) is 84.2 cm³/mol. The van der Waals surface area contributed by atoms with Crippen LogP contribution in [0.4, 0.5) is 5.69 Å². The highest BCUT2D eigenvalue weighted by Gasteiger charge is 2.22. The van der Waals surface area contributed by atoms with Gasteiger partial charge in [0.05, 0.1) is 9.82 Å². The highest BCUT2D eigenvalue weighted by molar-refractivity contribution is 7.89. The number of nitro groups is 1. The second kappa shape index (κ2) is 5.97. The van der Waals surface area contributed by atoms with Crippen molar-refractivity contribution < 1.29 is 13.3 Å². The van der Waals surface area contributed by atoms with Crippen LogP contribution in [0.25, 0.3) is 0 Å². The number of hydrogen-bond donors (Lipinski definition) is 0. The largest absolute Gasteiger partial charge is 0.286 e. The van der Waals surface area contributed by atoms with E-state index >= 15 is 0 Å². The molecule has 1 aromatic carbocycles. The normalized spacial score (nSPS) is 11.9. The van der Waals surface area contributed by atoms with Gasteiger partial charge in [-0.1, -0.05) is 25.6 Å². The number of nitrogens with zero attached hydrogens (tertiary/aromatic N) is 2. The Labute approximate surface area is 126 Å². The van der Waals surface area contributed by atoms with Gasteiger partial charge in [0.25, 0.3) is 5.69 Å². The fourth-order valence-corrected chi connectivity index (χ4v) is 2.83. The Kier molecular flexibility index (Phi) is 4.93. The van der Waals surface area contributed by atoms with Crippen LogP contribution in [0.1, 0.15) is 5.56 Å². The van der Waals surface area contributed by atoms with Crippen LogP contribution in [0.3, 0.4) is 0 Å². The average Bonchev–Trinajstić information content (AvgIpc) is 2.34. The van der Waals surface area contributed by atoms with Gasteiger partial charge in [0.1, 0.15) is 13.6 Å². The minimum atomic E-state index is -3.70. The molecule has 1 rings (SSSR count). The molecule has 0 N–H and O–H groups in total. The van der Waals surface area contributed by atoms with E-state index in [0.717, 1.165) is 10.4 Å². The van der Waals surface area contributed by atoms with Gasteiger partial charge in [0, 0.05) is 20.2 Å². The van der Waals surface area contributed by atoms with Crippen LogP contribution in [0.5, 0.6) is 0 Å². The van der Waals surface area contributed by atoms with Gasteiger partial charge < -0.3 is 0 Å². The van der Waals surface area contributed by atoms with E-state index < -0.39 is 23.0 Å². The zero-order chi connectivity index (χ0) is 16.4. The molecule has 0 atom stereocenters. The lowest BCUT2D eigenvalue weighted by atomic mass is 10.2. The van der Waals surface area contributed by atoms with E-state index in [2.05, 4.69) is 11.5 Å². The lowest BCUT2D eigenvalue weighted by Crippen LogP contribution is -2.22. The Morgan fingerprint density at radius 2 is 1.81 bits per heavy atom. The van der Waals surface area contributed by atoms with E-state index in [-0.39, 0.29) is 16.1 Å². The zero-order valence-corrected chi connectivity index (χ0v) is 14.5. The SMILES string of the molecule is CN(C)S(=O)(=O)c1ccc(C#C[Si](C)(C)C)c([N+](=O)[O-])c1. The average molecular weight is 326 g/mol. The third kappa shape index (κ3) is 4.39. The molecule has 0 aliphatic heterocycles. The molecule has 21 heavy (non-hydrogen) atoms. The monoisotopic (exact) mass is 326 g/mol. The van der Waals surface area contributed by atoms with Crippen molar-refractivity contribution >= 4 is 23.8 Å². The molecule has 0 aliphatic carbocycles.